The molecular formula is C27H21N3OS. The number of hydrogen-bond donors (Lipinski definition) is 0. The van der Waals surface area contributed by atoms with E-state index in [0.717, 1.165) is 39.9 Å². The van der Waals surface area contributed by atoms with Crippen molar-refractivity contribution in [1.82, 2.24) is 15.0 Å². The molecule has 4 nitrogen and oxygen atoms in total. The molecule has 0 saturated heterocycles. The molecule has 0 fully saturated rings. The van der Waals surface area contributed by atoms with Gasteiger partial charge in [-0.3, -0.25) is 4.98 Å². The average Bonchev–Trinajstić information content (AvgIpc) is 3.24. The van der Waals surface area contributed by atoms with Crippen molar-refractivity contribution in [2.24, 2.45) is 0 Å². The predicted octanol–water partition coefficient (Wildman–Crippen LogP) is 7.09. The van der Waals surface area contributed by atoms with Crippen molar-refractivity contribution >= 4 is 21.6 Å². The summed E-state index contributed by atoms with van der Waals surface area (Å²) in [4.78, 5) is 16.4. The molecule has 0 amide bonds. The van der Waals surface area contributed by atoms with Crippen LogP contribution in [0.3, 0.4) is 0 Å². The van der Waals surface area contributed by atoms with E-state index in [0.29, 0.717) is 11.7 Å². The second kappa shape index (κ2) is 8.17. The third kappa shape index (κ3) is 3.55. The summed E-state index contributed by atoms with van der Waals surface area (Å²) in [6.07, 6.45) is 8.18. The SMILES string of the molecule is c1ccc(-c2ccc(Oc3nc(-c4cccnc4)nc4sc5c(c34)CCCC5)cc2)cc1. The number of aryl methyl sites for hydroxylation is 2. The molecule has 5 heteroatoms. The molecule has 0 radical (unpaired) electrons. The van der Waals surface area contributed by atoms with Gasteiger partial charge >= 0.3 is 0 Å². The number of rotatable bonds is 4. The van der Waals surface area contributed by atoms with E-state index in [9.17, 15) is 0 Å². The first kappa shape index (κ1) is 19.1. The smallest absolute Gasteiger partial charge is 0.231 e. The molecule has 1 aliphatic rings. The molecule has 0 aliphatic heterocycles. The number of thiophene rings is 1. The van der Waals surface area contributed by atoms with Gasteiger partial charge in [-0.05, 0) is 66.6 Å². The van der Waals surface area contributed by atoms with Gasteiger partial charge in [0.1, 0.15) is 10.6 Å². The molecule has 156 valence electrons. The Morgan fingerprint density at radius 2 is 1.53 bits per heavy atom. The second-order valence-corrected chi connectivity index (χ2v) is 9.06. The zero-order valence-corrected chi connectivity index (χ0v) is 18.3. The van der Waals surface area contributed by atoms with Gasteiger partial charge in [-0.25, -0.2) is 4.98 Å². The van der Waals surface area contributed by atoms with Crippen LogP contribution in [0.2, 0.25) is 0 Å². The number of pyridine rings is 1. The standard InChI is InChI=1S/C27H21N3OS/c1-2-7-18(8-3-1)19-12-14-21(15-13-19)31-26-24-22-10-4-5-11-23(22)32-27(24)30-25(29-26)20-9-6-16-28-17-20/h1-3,6-9,12-17H,4-5,10-11H2. The maximum atomic E-state index is 6.40. The molecule has 6 rings (SSSR count). The van der Waals surface area contributed by atoms with E-state index in [1.54, 1.807) is 23.7 Å². The minimum atomic E-state index is 0.640. The third-order valence-corrected chi connectivity index (χ3v) is 7.06. The highest BCUT2D eigenvalue weighted by atomic mass is 32.1. The quantitative estimate of drug-likeness (QED) is 0.302. The van der Waals surface area contributed by atoms with Gasteiger partial charge in [-0.15, -0.1) is 11.3 Å². The Labute approximate surface area is 190 Å². The van der Waals surface area contributed by atoms with Crippen molar-refractivity contribution in [3.8, 4) is 34.1 Å². The Kier molecular flexibility index (Phi) is 4.89. The molecule has 0 N–H and O–H groups in total. The van der Waals surface area contributed by atoms with Crippen LogP contribution in [-0.4, -0.2) is 15.0 Å². The molecule has 3 aromatic heterocycles. The van der Waals surface area contributed by atoms with Crippen molar-refractivity contribution in [2.75, 3.05) is 0 Å². The molecular weight excluding hydrogens is 414 g/mol. The summed E-state index contributed by atoms with van der Waals surface area (Å²) in [6, 6.07) is 22.5. The lowest BCUT2D eigenvalue weighted by molar-refractivity contribution is 0.468. The summed E-state index contributed by atoms with van der Waals surface area (Å²) in [7, 11) is 0. The van der Waals surface area contributed by atoms with Gasteiger partial charge < -0.3 is 4.74 Å². The Bertz CT molecular complexity index is 1380. The maximum absolute atomic E-state index is 6.40. The van der Waals surface area contributed by atoms with Crippen LogP contribution in [0.1, 0.15) is 23.3 Å². The van der Waals surface area contributed by atoms with E-state index < -0.39 is 0 Å². The van der Waals surface area contributed by atoms with Gasteiger partial charge in [0.2, 0.25) is 5.88 Å². The lowest BCUT2D eigenvalue weighted by Crippen LogP contribution is -2.00. The Balaban J connectivity index is 1.43. The average molecular weight is 436 g/mol. The van der Waals surface area contributed by atoms with Crippen LogP contribution in [0, 0.1) is 0 Å². The van der Waals surface area contributed by atoms with Gasteiger partial charge in [-0.1, -0.05) is 42.5 Å². The summed E-state index contributed by atoms with van der Waals surface area (Å²) < 4.78 is 6.40. The molecule has 3 heterocycles. The van der Waals surface area contributed by atoms with Crippen molar-refractivity contribution in [1.29, 1.82) is 0 Å². The maximum Gasteiger partial charge on any atom is 0.231 e. The summed E-state index contributed by atoms with van der Waals surface area (Å²) in [6.45, 7) is 0. The van der Waals surface area contributed by atoms with Crippen LogP contribution in [0.4, 0.5) is 0 Å². The van der Waals surface area contributed by atoms with Crippen LogP contribution in [0.5, 0.6) is 11.6 Å². The van der Waals surface area contributed by atoms with E-state index in [1.807, 2.05) is 30.3 Å². The Morgan fingerprint density at radius 3 is 2.34 bits per heavy atom. The second-order valence-electron chi connectivity index (χ2n) is 7.98. The van der Waals surface area contributed by atoms with Crippen molar-refractivity contribution < 1.29 is 4.74 Å². The van der Waals surface area contributed by atoms with Gasteiger partial charge in [-0.2, -0.15) is 4.98 Å². The molecule has 0 bridgehead atoms. The van der Waals surface area contributed by atoms with Crippen molar-refractivity contribution in [2.45, 2.75) is 25.7 Å². The van der Waals surface area contributed by atoms with E-state index in [2.05, 4.69) is 41.4 Å². The number of fused-ring (bicyclic) bond motifs is 3. The first-order chi connectivity index (χ1) is 15.8. The number of nitrogens with zero attached hydrogens (tertiary/aromatic N) is 3. The molecule has 0 spiro atoms. The first-order valence-electron chi connectivity index (χ1n) is 10.9. The number of ether oxygens (including phenoxy) is 1. The topological polar surface area (TPSA) is 47.9 Å². The summed E-state index contributed by atoms with van der Waals surface area (Å²) in [5, 5.41) is 1.07. The van der Waals surface area contributed by atoms with Gasteiger partial charge in [0.25, 0.3) is 0 Å². The molecule has 2 aromatic carbocycles. The largest absolute Gasteiger partial charge is 0.438 e. The Hall–Kier alpha value is -3.57. The van der Waals surface area contributed by atoms with Crippen LogP contribution in [0.25, 0.3) is 32.7 Å². The summed E-state index contributed by atoms with van der Waals surface area (Å²) >= 11 is 1.78. The first-order valence-corrected chi connectivity index (χ1v) is 11.7. The van der Waals surface area contributed by atoms with E-state index in [4.69, 9.17) is 14.7 Å². The molecule has 0 unspecified atom stereocenters. The number of benzene rings is 2. The molecule has 0 saturated carbocycles. The minimum Gasteiger partial charge on any atom is -0.438 e. The fraction of sp³-hybridized carbons (Fsp3) is 0.148. The van der Waals surface area contributed by atoms with Gasteiger partial charge in [0.05, 0.1) is 5.39 Å². The van der Waals surface area contributed by atoms with Gasteiger partial charge in [0.15, 0.2) is 5.82 Å². The summed E-state index contributed by atoms with van der Waals surface area (Å²) in [5.74, 6) is 2.07. The zero-order chi connectivity index (χ0) is 21.3. The monoisotopic (exact) mass is 435 g/mol. The number of aromatic nitrogens is 3. The van der Waals surface area contributed by atoms with Crippen LogP contribution < -0.4 is 4.74 Å². The predicted molar refractivity (Wildman–Crippen MR) is 129 cm³/mol. The molecule has 5 aromatic rings. The van der Waals surface area contributed by atoms with Crippen LogP contribution in [-0.2, 0) is 12.8 Å². The van der Waals surface area contributed by atoms with E-state index in [-0.39, 0.29) is 0 Å². The van der Waals surface area contributed by atoms with Crippen LogP contribution >= 0.6 is 11.3 Å². The van der Waals surface area contributed by atoms with E-state index in [1.165, 1.54) is 28.8 Å². The summed E-state index contributed by atoms with van der Waals surface area (Å²) in [5.41, 5.74) is 4.61. The molecule has 0 atom stereocenters. The Morgan fingerprint density at radius 1 is 0.750 bits per heavy atom. The lowest BCUT2D eigenvalue weighted by atomic mass is 9.97. The highest BCUT2D eigenvalue weighted by molar-refractivity contribution is 7.18. The van der Waals surface area contributed by atoms with Crippen molar-refractivity contribution in [3.63, 3.8) is 0 Å². The minimum absolute atomic E-state index is 0.640. The molecule has 32 heavy (non-hydrogen) atoms. The normalized spacial score (nSPS) is 13.1. The highest BCUT2D eigenvalue weighted by Crippen LogP contribution is 2.41. The van der Waals surface area contributed by atoms with Crippen LogP contribution in [0.15, 0.2) is 79.1 Å². The van der Waals surface area contributed by atoms with Crippen molar-refractivity contribution in [3.05, 3.63) is 89.6 Å². The van der Waals surface area contributed by atoms with Gasteiger partial charge in [0, 0.05) is 22.8 Å². The fourth-order valence-electron chi connectivity index (χ4n) is 4.28. The van der Waals surface area contributed by atoms with E-state index >= 15 is 0 Å². The third-order valence-electron chi connectivity index (χ3n) is 5.88. The zero-order valence-electron chi connectivity index (χ0n) is 17.5. The lowest BCUT2D eigenvalue weighted by Gasteiger charge is -2.13. The fourth-order valence-corrected chi connectivity index (χ4v) is 5.53. The number of hydrogen-bond acceptors (Lipinski definition) is 5. The molecule has 1 aliphatic carbocycles. The highest BCUT2D eigenvalue weighted by Gasteiger charge is 2.23.